The van der Waals surface area contributed by atoms with E-state index in [0.29, 0.717) is 66.3 Å². The maximum Gasteiger partial charge on any atom is 0.519 e. The van der Waals surface area contributed by atoms with E-state index in [0.717, 1.165) is 32.2 Å². The van der Waals surface area contributed by atoms with Crippen LogP contribution >= 0.6 is 0 Å². The number of benzene rings is 2. The number of pyridine rings is 1. The molecular weight excluding hydrogens is 713 g/mol. The van der Waals surface area contributed by atoms with Gasteiger partial charge in [0.05, 0.1) is 28.7 Å². The van der Waals surface area contributed by atoms with E-state index in [1.165, 1.54) is 24.3 Å². The molecule has 2 bridgehead atoms. The van der Waals surface area contributed by atoms with Crippen molar-refractivity contribution in [3.63, 3.8) is 0 Å². The van der Waals surface area contributed by atoms with E-state index < -0.39 is 29.2 Å². The topological polar surface area (TPSA) is 121 Å². The molecule has 4 fully saturated rings. The van der Waals surface area contributed by atoms with Crippen molar-refractivity contribution in [1.82, 2.24) is 24.8 Å². The molecule has 284 valence electrons. The molecule has 0 radical (unpaired) electrons. The summed E-state index contributed by atoms with van der Waals surface area (Å²) in [6, 6.07) is 5.49. The first-order valence-corrected chi connectivity index (χ1v) is 19.0. The van der Waals surface area contributed by atoms with E-state index in [9.17, 15) is 14.3 Å². The van der Waals surface area contributed by atoms with Gasteiger partial charge in [-0.15, -0.1) is 6.42 Å². The minimum absolute atomic E-state index is 0.0101. The highest BCUT2D eigenvalue weighted by Crippen LogP contribution is 2.48. The molecule has 0 spiro atoms. The molecule has 14 heteroatoms. The zero-order valence-corrected chi connectivity index (χ0v) is 30.4. The Bertz CT molecular complexity index is 2520. The third-order valence-electron chi connectivity index (χ3n) is 12.9. The summed E-state index contributed by atoms with van der Waals surface area (Å²) in [6.07, 6.45) is 9.12. The SMILES string of the molecule is C#Cc1c(F)ccc2cc(O)cc(-c3nc4c5c(nc(OC[C@@]67CCCN6C[C@H](F)C7)nc5c3F)N3C[C@H]5CC[C@@H]([C@@H]3[C@@H](C)C4)N5Cc3oc(=O)oc3C)c12. The van der Waals surface area contributed by atoms with Gasteiger partial charge in [0, 0.05) is 48.6 Å². The van der Waals surface area contributed by atoms with Gasteiger partial charge in [0.25, 0.3) is 0 Å². The Hall–Kier alpha value is -5.13. The molecule has 5 aliphatic heterocycles. The standard InChI is InChI=1S/C41H39F3N6O5/c1-4-26-28(43)8-6-22-13-25(51)14-27(32(22)26)35-34(44)36-33-29(45-35)12-20(2)37-30-9-7-24(49(30)18-31-21(3)54-40(52)55-31)17-50(37)38(33)47-39(46-36)53-19-41-10-5-11-48(41)16-23(42)15-41/h1,6,8,13-14,20,23-24,30,37,51H,5,7,9-12,15-19H2,2-3H3/t20-,23+,24+,30-,37-,41-/m0/s1. The molecule has 55 heavy (non-hydrogen) atoms. The van der Waals surface area contributed by atoms with E-state index in [1.54, 1.807) is 6.92 Å². The first kappa shape index (κ1) is 34.4. The summed E-state index contributed by atoms with van der Waals surface area (Å²) >= 11 is 0. The summed E-state index contributed by atoms with van der Waals surface area (Å²) < 4.78 is 64.4. The van der Waals surface area contributed by atoms with Crippen molar-refractivity contribution in [3.05, 3.63) is 69.3 Å². The van der Waals surface area contributed by atoms with Gasteiger partial charge in [0.2, 0.25) is 0 Å². The van der Waals surface area contributed by atoms with Crippen LogP contribution in [-0.2, 0) is 13.0 Å². The van der Waals surface area contributed by atoms with Crippen molar-refractivity contribution in [1.29, 1.82) is 0 Å². The van der Waals surface area contributed by atoms with Crippen LogP contribution in [0.5, 0.6) is 11.8 Å². The van der Waals surface area contributed by atoms with Crippen molar-refractivity contribution in [2.45, 2.75) is 88.8 Å². The van der Waals surface area contributed by atoms with Gasteiger partial charge in [-0.25, -0.2) is 22.9 Å². The van der Waals surface area contributed by atoms with Gasteiger partial charge in [-0.3, -0.25) is 9.80 Å². The Kier molecular flexibility index (Phi) is 7.77. The highest BCUT2D eigenvalue weighted by atomic mass is 19.1. The number of alkyl halides is 1. The molecule has 6 atom stereocenters. The van der Waals surface area contributed by atoms with Crippen molar-refractivity contribution >= 4 is 27.5 Å². The number of phenols is 1. The zero-order valence-electron chi connectivity index (χ0n) is 30.4. The van der Waals surface area contributed by atoms with Gasteiger partial charge in [0.1, 0.15) is 47.1 Å². The van der Waals surface area contributed by atoms with Crippen LogP contribution < -0.4 is 15.5 Å². The summed E-state index contributed by atoms with van der Waals surface area (Å²) in [7, 11) is 0. The number of nitrogens with zero attached hydrogens (tertiary/aromatic N) is 6. The third-order valence-corrected chi connectivity index (χ3v) is 12.9. The summed E-state index contributed by atoms with van der Waals surface area (Å²) in [5, 5.41) is 12.0. The third kappa shape index (κ3) is 5.26. The molecule has 5 aliphatic rings. The van der Waals surface area contributed by atoms with Crippen LogP contribution in [0, 0.1) is 36.8 Å². The molecule has 0 saturated carbocycles. The first-order valence-electron chi connectivity index (χ1n) is 19.0. The number of piperazine rings is 1. The predicted octanol–water partition coefficient (Wildman–Crippen LogP) is 6.03. The lowest BCUT2D eigenvalue weighted by atomic mass is 9.88. The van der Waals surface area contributed by atoms with E-state index >= 15 is 8.78 Å². The lowest BCUT2D eigenvalue weighted by Crippen LogP contribution is -2.61. The van der Waals surface area contributed by atoms with Crippen LogP contribution in [0.15, 0.2) is 37.9 Å². The van der Waals surface area contributed by atoms with Gasteiger partial charge in [-0.1, -0.05) is 18.9 Å². The van der Waals surface area contributed by atoms with E-state index in [-0.39, 0.29) is 70.1 Å². The van der Waals surface area contributed by atoms with Crippen LogP contribution in [0.3, 0.4) is 0 Å². The van der Waals surface area contributed by atoms with Crippen molar-refractivity contribution in [3.8, 4) is 35.4 Å². The number of aromatic nitrogens is 3. The Balaban J connectivity index is 1.14. The average Bonchev–Trinajstić information content (AvgIpc) is 3.84. The molecule has 1 N–H and O–H groups in total. The van der Waals surface area contributed by atoms with Crippen molar-refractivity contribution in [2.75, 3.05) is 31.1 Å². The number of aromatic hydroxyl groups is 1. The molecule has 10 rings (SSSR count). The number of terminal acetylenes is 1. The number of fused-ring (bicyclic) bond motifs is 7. The van der Waals surface area contributed by atoms with Crippen LogP contribution in [0.1, 0.15) is 61.8 Å². The molecule has 2 aromatic carbocycles. The molecule has 0 unspecified atom stereocenters. The molecule has 11 nitrogen and oxygen atoms in total. The van der Waals surface area contributed by atoms with Gasteiger partial charge < -0.3 is 23.6 Å². The van der Waals surface area contributed by atoms with Crippen molar-refractivity contribution < 1.29 is 31.8 Å². The number of rotatable bonds is 6. The predicted molar refractivity (Wildman–Crippen MR) is 197 cm³/mol. The summed E-state index contributed by atoms with van der Waals surface area (Å²) in [4.78, 5) is 33.5. The monoisotopic (exact) mass is 752 g/mol. The number of halogens is 3. The second kappa shape index (κ2) is 12.4. The normalized spacial score (nSPS) is 27.4. The second-order valence-corrected chi connectivity index (χ2v) is 16.0. The first-order chi connectivity index (χ1) is 26.5. The smallest absolute Gasteiger partial charge is 0.508 e. The Morgan fingerprint density at radius 2 is 1.98 bits per heavy atom. The fraction of sp³-hybridized carbons (Fsp3) is 0.463. The number of anilines is 1. The van der Waals surface area contributed by atoms with Gasteiger partial charge in [-0.2, -0.15) is 9.97 Å². The Labute approximate surface area is 314 Å². The maximum atomic E-state index is 17.5. The van der Waals surface area contributed by atoms with Gasteiger partial charge >= 0.3 is 11.8 Å². The lowest BCUT2D eigenvalue weighted by molar-refractivity contribution is 0.0983. The summed E-state index contributed by atoms with van der Waals surface area (Å²) in [5.74, 6) is 1.52. The molecular formula is C41H39F3N6O5. The number of hydrogen-bond donors (Lipinski definition) is 1. The van der Waals surface area contributed by atoms with E-state index in [4.69, 9.17) is 34.9 Å². The molecule has 0 aliphatic carbocycles. The Morgan fingerprint density at radius 1 is 1.13 bits per heavy atom. The Morgan fingerprint density at radius 3 is 2.78 bits per heavy atom. The largest absolute Gasteiger partial charge is 0.519 e. The molecule has 5 aromatic rings. The number of ether oxygens (including phenoxy) is 1. The minimum atomic E-state index is -0.956. The van der Waals surface area contributed by atoms with Crippen LogP contribution in [0.4, 0.5) is 19.0 Å². The highest BCUT2D eigenvalue weighted by Gasteiger charge is 2.52. The summed E-state index contributed by atoms with van der Waals surface area (Å²) in [5.41, 5.74) is -0.00121. The van der Waals surface area contributed by atoms with Crippen LogP contribution in [0.25, 0.3) is 32.9 Å². The minimum Gasteiger partial charge on any atom is -0.508 e. The lowest BCUT2D eigenvalue weighted by Gasteiger charge is -2.49. The number of hydrogen-bond acceptors (Lipinski definition) is 11. The molecule has 3 aromatic heterocycles. The quantitative estimate of drug-likeness (QED) is 0.205. The molecule has 8 heterocycles. The van der Waals surface area contributed by atoms with E-state index in [1.807, 2.05) is 0 Å². The molecule has 0 amide bonds. The van der Waals surface area contributed by atoms with E-state index in [2.05, 4.69) is 27.5 Å². The van der Waals surface area contributed by atoms with Gasteiger partial charge in [-0.05, 0) is 75.1 Å². The van der Waals surface area contributed by atoms with Crippen LogP contribution in [0.2, 0.25) is 0 Å². The number of aryl methyl sites for hydroxylation is 1. The van der Waals surface area contributed by atoms with Gasteiger partial charge in [0.15, 0.2) is 11.6 Å². The fourth-order valence-corrected chi connectivity index (χ4v) is 10.6. The zero-order chi connectivity index (χ0) is 37.9. The fourth-order valence-electron chi connectivity index (χ4n) is 10.6. The summed E-state index contributed by atoms with van der Waals surface area (Å²) in [6.45, 7) is 6.13. The average molecular weight is 753 g/mol. The number of phenolic OH excluding ortho intramolecular Hbond substituents is 1. The van der Waals surface area contributed by atoms with Crippen molar-refractivity contribution in [2.24, 2.45) is 5.92 Å². The maximum absolute atomic E-state index is 17.5. The van der Waals surface area contributed by atoms with Crippen LogP contribution in [-0.4, -0.2) is 85.9 Å². The molecule has 4 saturated heterocycles. The highest BCUT2D eigenvalue weighted by molar-refractivity contribution is 6.03. The second-order valence-electron chi connectivity index (χ2n) is 16.0.